The van der Waals surface area contributed by atoms with E-state index in [-0.39, 0.29) is 17.3 Å². The Bertz CT molecular complexity index is 847. The number of carbonyl (C=O) groups excluding carboxylic acids is 1. The van der Waals surface area contributed by atoms with Crippen molar-refractivity contribution < 1.29 is 17.9 Å². The van der Waals surface area contributed by atoms with Crippen LogP contribution in [0.5, 0.6) is 0 Å². The summed E-state index contributed by atoms with van der Waals surface area (Å²) >= 11 is 0. The van der Waals surface area contributed by atoms with E-state index in [0.717, 1.165) is 17.5 Å². The molecule has 0 aliphatic carbocycles. The molecule has 0 aliphatic heterocycles. The second-order valence-electron chi connectivity index (χ2n) is 6.37. The lowest BCUT2D eigenvalue weighted by molar-refractivity contribution is 0.0948. The molecule has 0 aliphatic rings. The average molecular weight is 391 g/mol. The van der Waals surface area contributed by atoms with Gasteiger partial charge in [-0.25, -0.2) is 8.42 Å². The summed E-state index contributed by atoms with van der Waals surface area (Å²) in [5, 5.41) is 2.82. The number of sulfonamides is 1. The van der Waals surface area contributed by atoms with E-state index in [4.69, 9.17) is 4.74 Å². The largest absolute Gasteiger partial charge is 0.385 e. The average Bonchev–Trinajstić information content (AvgIpc) is 2.66. The molecule has 6 nitrogen and oxygen atoms in total. The highest BCUT2D eigenvalue weighted by molar-refractivity contribution is 7.89. The summed E-state index contributed by atoms with van der Waals surface area (Å²) in [7, 11) is -0.387. The third kappa shape index (κ3) is 5.89. The van der Waals surface area contributed by atoms with Gasteiger partial charge in [-0.2, -0.15) is 4.31 Å². The van der Waals surface area contributed by atoms with Crippen molar-refractivity contribution in [3.8, 4) is 0 Å². The Morgan fingerprint density at radius 1 is 1.07 bits per heavy atom. The number of amides is 1. The van der Waals surface area contributed by atoms with Gasteiger partial charge in [0.2, 0.25) is 10.0 Å². The van der Waals surface area contributed by atoms with E-state index in [1.54, 1.807) is 62.7 Å². The minimum absolute atomic E-state index is 0.154. The van der Waals surface area contributed by atoms with Crippen LogP contribution < -0.4 is 5.32 Å². The molecule has 0 aromatic heterocycles. The molecule has 2 aromatic rings. The van der Waals surface area contributed by atoms with Crippen molar-refractivity contribution in [3.63, 3.8) is 0 Å². The Hall–Kier alpha value is -2.22. The van der Waals surface area contributed by atoms with Crippen LogP contribution in [0.4, 0.5) is 0 Å². The fourth-order valence-corrected chi connectivity index (χ4v) is 3.67. The highest BCUT2D eigenvalue weighted by Gasteiger charge is 2.20. The van der Waals surface area contributed by atoms with Gasteiger partial charge in [-0.05, 0) is 43.2 Å². The van der Waals surface area contributed by atoms with Crippen molar-refractivity contribution in [2.75, 3.05) is 27.3 Å². The summed E-state index contributed by atoms with van der Waals surface area (Å²) < 4.78 is 31.5. The van der Waals surface area contributed by atoms with Crippen LogP contribution in [0.2, 0.25) is 0 Å². The lowest BCUT2D eigenvalue weighted by atomic mass is 10.1. The van der Waals surface area contributed by atoms with Crippen LogP contribution in [0.1, 0.15) is 27.9 Å². The fraction of sp³-hybridized carbons (Fsp3) is 0.350. The van der Waals surface area contributed by atoms with Crippen LogP contribution in [0.15, 0.2) is 53.4 Å². The second kappa shape index (κ2) is 9.64. The first kappa shape index (κ1) is 21.1. The van der Waals surface area contributed by atoms with Gasteiger partial charge in [-0.15, -0.1) is 0 Å². The lowest BCUT2D eigenvalue weighted by Gasteiger charge is -2.17. The van der Waals surface area contributed by atoms with E-state index in [1.165, 1.54) is 4.31 Å². The normalized spacial score (nSPS) is 11.6. The van der Waals surface area contributed by atoms with Gasteiger partial charge in [-0.1, -0.05) is 29.8 Å². The summed E-state index contributed by atoms with van der Waals surface area (Å²) in [4.78, 5) is 12.3. The zero-order valence-corrected chi connectivity index (χ0v) is 16.8. The number of hydrogen-bond acceptors (Lipinski definition) is 4. The van der Waals surface area contributed by atoms with Crippen molar-refractivity contribution in [3.05, 3.63) is 65.2 Å². The van der Waals surface area contributed by atoms with E-state index >= 15 is 0 Å². The number of nitrogens with zero attached hydrogens (tertiary/aromatic N) is 1. The molecule has 0 saturated heterocycles. The van der Waals surface area contributed by atoms with Gasteiger partial charge in [0.25, 0.3) is 5.91 Å². The molecular weight excluding hydrogens is 364 g/mol. The summed E-state index contributed by atoms with van der Waals surface area (Å²) in [5.74, 6) is -0.154. The third-order valence-electron chi connectivity index (χ3n) is 4.16. The predicted octanol–water partition coefficient (Wildman–Crippen LogP) is 2.58. The van der Waals surface area contributed by atoms with Gasteiger partial charge in [0, 0.05) is 39.4 Å². The molecule has 0 bridgehead atoms. The summed E-state index contributed by atoms with van der Waals surface area (Å²) in [6.07, 6.45) is 0.752. The predicted molar refractivity (Wildman–Crippen MR) is 105 cm³/mol. The maximum Gasteiger partial charge on any atom is 0.251 e. The van der Waals surface area contributed by atoms with Gasteiger partial charge in [0.15, 0.2) is 0 Å². The van der Waals surface area contributed by atoms with Crippen LogP contribution in [-0.4, -0.2) is 45.9 Å². The molecule has 0 heterocycles. The maximum atomic E-state index is 12.6. The van der Waals surface area contributed by atoms with E-state index in [9.17, 15) is 13.2 Å². The van der Waals surface area contributed by atoms with Gasteiger partial charge in [0.1, 0.15) is 0 Å². The first-order valence-corrected chi connectivity index (χ1v) is 10.2. The smallest absolute Gasteiger partial charge is 0.251 e. The molecule has 146 valence electrons. The standard InChI is InChI=1S/C20H26N2O4S/c1-16-5-11-19(12-6-16)27(24,25)22(2)15-17-7-9-18(10-8-17)20(23)21-13-4-14-26-3/h5-12H,4,13-15H2,1-3H3,(H,21,23). The molecule has 27 heavy (non-hydrogen) atoms. The minimum Gasteiger partial charge on any atom is -0.385 e. The lowest BCUT2D eigenvalue weighted by Crippen LogP contribution is -2.27. The number of nitrogens with one attached hydrogen (secondary N) is 1. The quantitative estimate of drug-likeness (QED) is 0.668. The van der Waals surface area contributed by atoms with Crippen LogP contribution in [0.3, 0.4) is 0 Å². The molecule has 0 saturated carbocycles. The molecule has 0 spiro atoms. The van der Waals surface area contributed by atoms with Gasteiger partial charge in [-0.3, -0.25) is 4.79 Å². The number of benzene rings is 2. The number of hydrogen-bond donors (Lipinski definition) is 1. The van der Waals surface area contributed by atoms with Gasteiger partial charge >= 0.3 is 0 Å². The summed E-state index contributed by atoms with van der Waals surface area (Å²) in [5.41, 5.74) is 2.36. The molecule has 0 radical (unpaired) electrons. The SMILES string of the molecule is COCCCNC(=O)c1ccc(CN(C)S(=O)(=O)c2ccc(C)cc2)cc1. The van der Waals surface area contributed by atoms with E-state index in [1.807, 2.05) is 6.92 Å². The van der Waals surface area contributed by atoms with Crippen LogP contribution in [0.25, 0.3) is 0 Å². The van der Waals surface area contributed by atoms with E-state index in [0.29, 0.717) is 18.7 Å². The zero-order chi connectivity index (χ0) is 19.9. The molecule has 1 N–H and O–H groups in total. The maximum absolute atomic E-state index is 12.6. The summed E-state index contributed by atoms with van der Waals surface area (Å²) in [6.45, 7) is 3.29. The molecular formula is C20H26N2O4S. The Kier molecular flexibility index (Phi) is 7.53. The molecule has 0 fully saturated rings. The van der Waals surface area contributed by atoms with Crippen molar-refractivity contribution in [2.45, 2.75) is 24.8 Å². The van der Waals surface area contributed by atoms with E-state index in [2.05, 4.69) is 5.32 Å². The molecule has 1 amide bonds. The monoisotopic (exact) mass is 390 g/mol. The van der Waals surface area contributed by atoms with E-state index < -0.39 is 10.0 Å². The Balaban J connectivity index is 1.99. The molecule has 0 unspecified atom stereocenters. The topological polar surface area (TPSA) is 75.7 Å². The Morgan fingerprint density at radius 3 is 2.30 bits per heavy atom. The Labute approximate surface area is 161 Å². The first-order valence-electron chi connectivity index (χ1n) is 8.73. The number of methoxy groups -OCH3 is 1. The molecule has 2 aromatic carbocycles. The van der Waals surface area contributed by atoms with Gasteiger partial charge in [0.05, 0.1) is 4.90 Å². The van der Waals surface area contributed by atoms with Crippen molar-refractivity contribution in [1.82, 2.24) is 9.62 Å². The minimum atomic E-state index is -3.56. The zero-order valence-electron chi connectivity index (χ0n) is 15.9. The van der Waals surface area contributed by atoms with Crippen LogP contribution in [0, 0.1) is 6.92 Å². The number of aryl methyl sites for hydroxylation is 1. The molecule has 2 rings (SSSR count). The second-order valence-corrected chi connectivity index (χ2v) is 8.42. The van der Waals surface area contributed by atoms with Crippen molar-refractivity contribution in [2.24, 2.45) is 0 Å². The van der Waals surface area contributed by atoms with Crippen molar-refractivity contribution >= 4 is 15.9 Å². The van der Waals surface area contributed by atoms with Crippen molar-refractivity contribution in [1.29, 1.82) is 0 Å². The third-order valence-corrected chi connectivity index (χ3v) is 5.98. The highest BCUT2D eigenvalue weighted by atomic mass is 32.2. The first-order chi connectivity index (χ1) is 12.8. The Morgan fingerprint density at radius 2 is 1.70 bits per heavy atom. The van der Waals surface area contributed by atoms with Crippen LogP contribution >= 0.6 is 0 Å². The molecule has 0 atom stereocenters. The number of carbonyl (C=O) groups is 1. The molecule has 7 heteroatoms. The number of rotatable bonds is 9. The van der Waals surface area contributed by atoms with Crippen LogP contribution in [-0.2, 0) is 21.3 Å². The van der Waals surface area contributed by atoms with Gasteiger partial charge < -0.3 is 10.1 Å². The highest BCUT2D eigenvalue weighted by Crippen LogP contribution is 2.17. The fourth-order valence-electron chi connectivity index (χ4n) is 2.51. The summed E-state index contributed by atoms with van der Waals surface area (Å²) in [6, 6.07) is 13.7. The number of ether oxygens (including phenoxy) is 1.